The Bertz CT molecular complexity index is 870. The van der Waals surface area contributed by atoms with E-state index in [1.807, 2.05) is 0 Å². The lowest BCUT2D eigenvalue weighted by molar-refractivity contribution is 0.0696. The molecule has 0 aromatic heterocycles. The van der Waals surface area contributed by atoms with Gasteiger partial charge >= 0.3 is 5.97 Å². The summed E-state index contributed by atoms with van der Waals surface area (Å²) >= 11 is 0. The Hall–Kier alpha value is -2.52. The Balaban J connectivity index is 2.57. The van der Waals surface area contributed by atoms with Crippen molar-refractivity contribution in [3.05, 3.63) is 59.7 Å². The van der Waals surface area contributed by atoms with Crippen molar-refractivity contribution < 1.29 is 32.2 Å². The second-order valence-electron chi connectivity index (χ2n) is 4.73. The van der Waals surface area contributed by atoms with Crippen LogP contribution in [0.4, 0.5) is 14.5 Å². The van der Waals surface area contributed by atoms with Gasteiger partial charge in [-0.3, -0.25) is 4.31 Å². The average molecular weight is 357 g/mol. The molecule has 2 rings (SSSR count). The molecule has 0 aliphatic carbocycles. The first-order chi connectivity index (χ1) is 11.3. The number of aromatic carboxylic acids is 1. The second-order valence-corrected chi connectivity index (χ2v) is 6.59. The van der Waals surface area contributed by atoms with Gasteiger partial charge in [0.1, 0.15) is 11.6 Å². The number of anilines is 1. The molecule has 6 nitrogen and oxygen atoms in total. The molecule has 0 bridgehead atoms. The highest BCUT2D eigenvalue weighted by Crippen LogP contribution is 2.27. The van der Waals surface area contributed by atoms with E-state index in [4.69, 9.17) is 10.2 Å². The molecule has 24 heavy (non-hydrogen) atoms. The van der Waals surface area contributed by atoms with Gasteiger partial charge in [-0.2, -0.15) is 0 Å². The van der Waals surface area contributed by atoms with E-state index in [1.54, 1.807) is 0 Å². The third kappa shape index (κ3) is 3.52. The number of halogens is 2. The van der Waals surface area contributed by atoms with E-state index in [0.29, 0.717) is 10.4 Å². The molecular formula is C15H13F2NO5S. The smallest absolute Gasteiger partial charge is 0.335 e. The van der Waals surface area contributed by atoms with Crippen LogP contribution in [0.15, 0.2) is 47.4 Å². The molecule has 0 atom stereocenters. The molecule has 0 unspecified atom stereocenters. The summed E-state index contributed by atoms with van der Waals surface area (Å²) in [7, 11) is -4.36. The van der Waals surface area contributed by atoms with E-state index < -0.39 is 46.5 Å². The van der Waals surface area contributed by atoms with Gasteiger partial charge in [0, 0.05) is 6.07 Å². The molecular weight excluding hydrogens is 344 g/mol. The lowest BCUT2D eigenvalue weighted by atomic mass is 10.2. The van der Waals surface area contributed by atoms with Crippen LogP contribution in [0.1, 0.15) is 10.4 Å². The molecule has 2 N–H and O–H groups in total. The molecule has 0 aliphatic heterocycles. The summed E-state index contributed by atoms with van der Waals surface area (Å²) in [5, 5.41) is 18.1. The molecule has 0 saturated heterocycles. The zero-order valence-corrected chi connectivity index (χ0v) is 13.0. The third-order valence-electron chi connectivity index (χ3n) is 3.15. The van der Waals surface area contributed by atoms with Crippen molar-refractivity contribution in [3.8, 4) is 0 Å². The predicted octanol–water partition coefficient (Wildman–Crippen LogP) is 1.85. The summed E-state index contributed by atoms with van der Waals surface area (Å²) < 4.78 is 52.9. The first-order valence-corrected chi connectivity index (χ1v) is 8.13. The van der Waals surface area contributed by atoms with Crippen molar-refractivity contribution >= 4 is 21.7 Å². The van der Waals surface area contributed by atoms with E-state index in [0.717, 1.165) is 24.3 Å². The summed E-state index contributed by atoms with van der Waals surface area (Å²) in [5.41, 5.74) is -0.717. The largest absolute Gasteiger partial charge is 0.478 e. The number of nitrogens with zero attached hydrogens (tertiary/aromatic N) is 1. The quantitative estimate of drug-likeness (QED) is 0.823. The van der Waals surface area contributed by atoms with Crippen molar-refractivity contribution in [2.45, 2.75) is 4.90 Å². The van der Waals surface area contributed by atoms with Gasteiger partial charge in [-0.1, -0.05) is 6.07 Å². The van der Waals surface area contributed by atoms with Crippen molar-refractivity contribution in [1.82, 2.24) is 0 Å². The summed E-state index contributed by atoms with van der Waals surface area (Å²) in [4.78, 5) is 10.6. The van der Waals surface area contributed by atoms with E-state index in [1.165, 1.54) is 12.1 Å². The highest BCUT2D eigenvalue weighted by Gasteiger charge is 2.27. The van der Waals surface area contributed by atoms with Gasteiger partial charge in [-0.15, -0.1) is 0 Å². The van der Waals surface area contributed by atoms with Gasteiger partial charge in [0.25, 0.3) is 10.0 Å². The van der Waals surface area contributed by atoms with Crippen LogP contribution in [0, 0.1) is 11.6 Å². The van der Waals surface area contributed by atoms with Crippen LogP contribution in [-0.2, 0) is 10.0 Å². The Morgan fingerprint density at radius 2 is 1.83 bits per heavy atom. The fourth-order valence-corrected chi connectivity index (χ4v) is 3.57. The summed E-state index contributed by atoms with van der Waals surface area (Å²) in [6, 6.07) is 6.83. The summed E-state index contributed by atoms with van der Waals surface area (Å²) in [6.07, 6.45) is 0. The number of rotatable bonds is 6. The number of carbonyl (C=O) groups is 1. The van der Waals surface area contributed by atoms with Crippen LogP contribution in [0.2, 0.25) is 0 Å². The molecule has 0 spiro atoms. The zero-order valence-electron chi connectivity index (χ0n) is 12.2. The van der Waals surface area contributed by atoms with Crippen molar-refractivity contribution in [2.75, 3.05) is 17.5 Å². The average Bonchev–Trinajstić information content (AvgIpc) is 2.53. The number of sulfonamides is 1. The van der Waals surface area contributed by atoms with Crippen molar-refractivity contribution in [1.29, 1.82) is 0 Å². The van der Waals surface area contributed by atoms with Gasteiger partial charge in [0.15, 0.2) is 0 Å². The van der Waals surface area contributed by atoms with Crippen molar-refractivity contribution in [2.24, 2.45) is 0 Å². The minimum atomic E-state index is -4.36. The Morgan fingerprint density at radius 1 is 1.12 bits per heavy atom. The molecule has 2 aromatic rings. The molecule has 9 heteroatoms. The van der Waals surface area contributed by atoms with Gasteiger partial charge < -0.3 is 10.2 Å². The first-order valence-electron chi connectivity index (χ1n) is 6.69. The number of benzene rings is 2. The lowest BCUT2D eigenvalue weighted by Crippen LogP contribution is -2.34. The number of aliphatic hydroxyl groups is 1. The normalized spacial score (nSPS) is 11.3. The van der Waals surface area contributed by atoms with E-state index in [9.17, 15) is 22.0 Å². The highest BCUT2D eigenvalue weighted by molar-refractivity contribution is 7.92. The number of hydrogen-bond acceptors (Lipinski definition) is 4. The molecule has 128 valence electrons. The zero-order chi connectivity index (χ0) is 17.9. The Kier molecular flexibility index (Phi) is 5.15. The molecule has 0 heterocycles. The fraction of sp³-hybridized carbons (Fsp3) is 0.133. The van der Waals surface area contributed by atoms with Crippen LogP contribution in [0.25, 0.3) is 0 Å². The maximum absolute atomic E-state index is 14.0. The van der Waals surface area contributed by atoms with Crippen LogP contribution >= 0.6 is 0 Å². The monoisotopic (exact) mass is 357 g/mol. The van der Waals surface area contributed by atoms with Crippen LogP contribution < -0.4 is 4.31 Å². The second kappa shape index (κ2) is 6.93. The van der Waals surface area contributed by atoms with Crippen molar-refractivity contribution in [3.63, 3.8) is 0 Å². The summed E-state index contributed by atoms with van der Waals surface area (Å²) in [6.45, 7) is -1.10. The van der Waals surface area contributed by atoms with Crippen LogP contribution in [-0.4, -0.2) is 37.8 Å². The van der Waals surface area contributed by atoms with Crippen LogP contribution in [0.3, 0.4) is 0 Å². The molecule has 0 amide bonds. The van der Waals surface area contributed by atoms with E-state index in [-0.39, 0.29) is 10.5 Å². The minimum absolute atomic E-state index is 0.264. The maximum atomic E-state index is 14.0. The molecule has 2 aromatic carbocycles. The summed E-state index contributed by atoms with van der Waals surface area (Å²) in [5.74, 6) is -3.33. The first kappa shape index (κ1) is 17.8. The molecule has 0 radical (unpaired) electrons. The Morgan fingerprint density at radius 3 is 2.42 bits per heavy atom. The van der Waals surface area contributed by atoms with E-state index >= 15 is 0 Å². The predicted molar refractivity (Wildman–Crippen MR) is 81.4 cm³/mol. The molecule has 0 aliphatic rings. The van der Waals surface area contributed by atoms with E-state index in [2.05, 4.69) is 0 Å². The van der Waals surface area contributed by atoms with Gasteiger partial charge in [0.2, 0.25) is 0 Å². The third-order valence-corrected chi connectivity index (χ3v) is 4.96. The topological polar surface area (TPSA) is 94.9 Å². The van der Waals surface area contributed by atoms with Gasteiger partial charge in [-0.05, 0) is 30.3 Å². The fourth-order valence-electron chi connectivity index (χ4n) is 2.06. The Labute approximate surface area is 136 Å². The molecule has 0 fully saturated rings. The number of hydrogen-bond donors (Lipinski definition) is 2. The SMILES string of the molecule is O=C(O)c1cccc(S(=O)(=O)N(CCO)c2ccc(F)cc2F)c1. The van der Waals surface area contributed by atoms with Gasteiger partial charge in [0.05, 0.1) is 29.3 Å². The van der Waals surface area contributed by atoms with Gasteiger partial charge in [-0.25, -0.2) is 22.0 Å². The molecule has 0 saturated carbocycles. The maximum Gasteiger partial charge on any atom is 0.335 e. The number of carboxylic acid groups (broad SMARTS) is 1. The minimum Gasteiger partial charge on any atom is -0.478 e. The highest BCUT2D eigenvalue weighted by atomic mass is 32.2. The lowest BCUT2D eigenvalue weighted by Gasteiger charge is -2.24. The number of carboxylic acids is 1. The number of aliphatic hydroxyl groups excluding tert-OH is 1. The standard InChI is InChI=1S/C15H13F2NO5S/c16-11-4-5-14(13(17)9-11)18(6-7-19)24(22,23)12-3-1-2-10(8-12)15(20)21/h1-5,8-9,19H,6-7H2,(H,20,21). The van der Waals surface area contributed by atoms with Crippen LogP contribution in [0.5, 0.6) is 0 Å².